The summed E-state index contributed by atoms with van der Waals surface area (Å²) in [5.41, 5.74) is -0.850. The van der Waals surface area contributed by atoms with Crippen LogP contribution in [0.15, 0.2) is 23.1 Å². The van der Waals surface area contributed by atoms with Gasteiger partial charge in [-0.1, -0.05) is 18.6 Å². The molecule has 3 nitrogen and oxygen atoms in total. The molecule has 0 aromatic heterocycles. The average Bonchev–Trinajstić information content (AvgIpc) is 2.15. The molecule has 0 unspecified atom stereocenters. The van der Waals surface area contributed by atoms with Crippen molar-refractivity contribution in [1.29, 1.82) is 0 Å². The zero-order valence-corrected chi connectivity index (χ0v) is 14.3. The molecule has 0 spiro atoms. The predicted molar refractivity (Wildman–Crippen MR) is 60.8 cm³/mol. The molecule has 1 aromatic rings. The molecule has 96 valence electrons. The first-order valence-electron chi connectivity index (χ1n) is 4.98. The summed E-state index contributed by atoms with van der Waals surface area (Å²) in [4.78, 5) is -0.152. The Labute approximate surface area is 147 Å². The van der Waals surface area contributed by atoms with Crippen molar-refractivity contribution in [2.45, 2.75) is 18.7 Å². The summed E-state index contributed by atoms with van der Waals surface area (Å²) >= 11 is 0. The zero-order valence-electron chi connectivity index (χ0n) is 10.4. The number of rotatable bonds is 4. The van der Waals surface area contributed by atoms with Gasteiger partial charge in [0.2, 0.25) is 10.0 Å². The molecule has 0 aliphatic carbocycles. The van der Waals surface area contributed by atoms with Crippen molar-refractivity contribution >= 4 is 22.5 Å². The first-order chi connectivity index (χ1) is 7.68. The topological polar surface area (TPSA) is 46.2 Å². The summed E-state index contributed by atoms with van der Waals surface area (Å²) < 4.78 is 62.9. The molecule has 18 heavy (non-hydrogen) atoms. The normalized spacial score (nSPS) is 12.1. The Bertz CT molecular complexity index is 519. The van der Waals surface area contributed by atoms with Gasteiger partial charge in [0.05, 0.1) is 4.90 Å². The first kappa shape index (κ1) is 18.6. The number of hydrogen-bond acceptors (Lipinski definition) is 2. The van der Waals surface area contributed by atoms with E-state index in [0.29, 0.717) is 0 Å². The summed E-state index contributed by atoms with van der Waals surface area (Å²) in [7, 11) is -3.71. The van der Waals surface area contributed by atoms with Crippen LogP contribution in [0.2, 0.25) is 0 Å². The van der Waals surface area contributed by atoms with Crippen molar-refractivity contribution in [2.75, 3.05) is 6.54 Å². The van der Waals surface area contributed by atoms with Crippen LogP contribution >= 0.6 is 0 Å². The second-order valence-corrected chi connectivity index (χ2v) is 5.36. The third-order valence-corrected chi connectivity index (χ3v) is 3.78. The van der Waals surface area contributed by atoms with Crippen molar-refractivity contribution < 1.29 is 72.7 Å². The molecule has 0 heterocycles. The van der Waals surface area contributed by atoms with Gasteiger partial charge in [-0.25, -0.2) is 13.1 Å². The summed E-state index contributed by atoms with van der Waals surface area (Å²) in [6, 6.07) is 2.80. The van der Waals surface area contributed by atoms with Gasteiger partial charge in [0.15, 0.2) is 0 Å². The van der Waals surface area contributed by atoms with Crippen molar-refractivity contribution in [2.24, 2.45) is 0 Å². The van der Waals surface area contributed by atoms with E-state index in [1.54, 1.807) is 6.92 Å². The second-order valence-electron chi connectivity index (χ2n) is 3.59. The molecule has 0 aliphatic heterocycles. The van der Waals surface area contributed by atoms with E-state index in [2.05, 4.69) is 4.72 Å². The molecule has 0 saturated heterocycles. The van der Waals surface area contributed by atoms with E-state index in [1.165, 1.54) is 6.92 Å². The predicted octanol–water partition coefficient (Wildman–Crippen LogP) is -1.65. The summed E-state index contributed by atoms with van der Waals surface area (Å²) in [6.07, 6.45) is 0. The molecule has 0 fully saturated rings. The Hall–Kier alpha value is 0.621. The molecular formula is C9H12BF3KNO2S. The molecule has 9 heteroatoms. The van der Waals surface area contributed by atoms with Crippen LogP contribution in [0.4, 0.5) is 12.9 Å². The Morgan fingerprint density at radius 2 is 1.83 bits per heavy atom. The van der Waals surface area contributed by atoms with E-state index in [0.717, 1.165) is 18.2 Å². The maximum Gasteiger partial charge on any atom is 1.00 e. The molecule has 1 N–H and O–H groups in total. The third kappa shape index (κ3) is 4.62. The second kappa shape index (κ2) is 6.87. The van der Waals surface area contributed by atoms with Crippen molar-refractivity contribution in [3.8, 4) is 0 Å². The van der Waals surface area contributed by atoms with E-state index >= 15 is 0 Å². The Balaban J connectivity index is 0.00000289. The van der Waals surface area contributed by atoms with Crippen LogP contribution in [0.1, 0.15) is 12.5 Å². The van der Waals surface area contributed by atoms with Gasteiger partial charge in [0, 0.05) is 6.54 Å². The third-order valence-electron chi connectivity index (χ3n) is 2.24. The van der Waals surface area contributed by atoms with Crippen molar-refractivity contribution in [1.82, 2.24) is 4.72 Å². The van der Waals surface area contributed by atoms with Gasteiger partial charge in [0.25, 0.3) is 0 Å². The number of hydrogen-bond donors (Lipinski definition) is 1. The Morgan fingerprint density at radius 1 is 1.28 bits per heavy atom. The molecule has 0 radical (unpaired) electrons. The van der Waals surface area contributed by atoms with Crippen molar-refractivity contribution in [3.05, 3.63) is 23.8 Å². The van der Waals surface area contributed by atoms with Crippen LogP contribution in [0.3, 0.4) is 0 Å². The minimum Gasteiger partial charge on any atom is -0.445 e. The molecular weight excluding hydrogens is 293 g/mol. The zero-order chi connectivity index (χ0) is 13.3. The van der Waals surface area contributed by atoms with E-state index < -0.39 is 22.5 Å². The number of sulfonamides is 1. The SMILES string of the molecule is CCNS(=O)(=O)c1ccc([B-](F)(F)F)c(C)c1.[K+]. The van der Waals surface area contributed by atoms with E-state index in [4.69, 9.17) is 0 Å². The fourth-order valence-electron chi connectivity index (χ4n) is 1.46. The van der Waals surface area contributed by atoms with Gasteiger partial charge in [-0.15, -0.1) is 5.46 Å². The minimum absolute atomic E-state index is 0. The van der Waals surface area contributed by atoms with Gasteiger partial charge in [-0.05, 0) is 19.1 Å². The van der Waals surface area contributed by atoms with E-state index in [-0.39, 0.29) is 68.4 Å². The monoisotopic (exact) mass is 305 g/mol. The van der Waals surface area contributed by atoms with Gasteiger partial charge >= 0.3 is 58.4 Å². The van der Waals surface area contributed by atoms with Crippen LogP contribution < -0.4 is 61.6 Å². The minimum atomic E-state index is -5.11. The van der Waals surface area contributed by atoms with Gasteiger partial charge in [-0.2, -0.15) is 0 Å². The van der Waals surface area contributed by atoms with Crippen molar-refractivity contribution in [3.63, 3.8) is 0 Å². The number of benzene rings is 1. The fraction of sp³-hybridized carbons (Fsp3) is 0.333. The molecule has 1 aromatic carbocycles. The summed E-state index contributed by atoms with van der Waals surface area (Å²) in [5.74, 6) is 0. The smallest absolute Gasteiger partial charge is 0.445 e. The molecule has 0 atom stereocenters. The molecule has 0 amide bonds. The number of halogens is 3. The molecule has 0 saturated carbocycles. The van der Waals surface area contributed by atoms with Crippen LogP contribution in [-0.4, -0.2) is 21.9 Å². The largest absolute Gasteiger partial charge is 1.00 e. The summed E-state index contributed by atoms with van der Waals surface area (Å²) in [6.45, 7) is -2.08. The maximum atomic E-state index is 12.5. The number of nitrogens with one attached hydrogen (secondary N) is 1. The average molecular weight is 305 g/mol. The Kier molecular flexibility index (Phi) is 7.11. The molecule has 1 rings (SSSR count). The van der Waals surface area contributed by atoms with Gasteiger partial charge < -0.3 is 12.9 Å². The van der Waals surface area contributed by atoms with Crippen LogP contribution in [0, 0.1) is 6.92 Å². The van der Waals surface area contributed by atoms with Crippen LogP contribution in [0.25, 0.3) is 0 Å². The van der Waals surface area contributed by atoms with Gasteiger partial charge in [0.1, 0.15) is 0 Å². The first-order valence-corrected chi connectivity index (χ1v) is 6.47. The number of aryl methyl sites for hydroxylation is 1. The molecule has 0 aliphatic rings. The van der Waals surface area contributed by atoms with E-state index in [1.807, 2.05) is 0 Å². The van der Waals surface area contributed by atoms with Gasteiger partial charge in [-0.3, -0.25) is 0 Å². The maximum absolute atomic E-state index is 12.5. The quantitative estimate of drug-likeness (QED) is 0.678. The Morgan fingerprint density at radius 3 is 2.22 bits per heavy atom. The molecule has 0 bridgehead atoms. The van der Waals surface area contributed by atoms with Crippen LogP contribution in [-0.2, 0) is 10.0 Å². The standard InChI is InChI=1S/C9H12BF3NO2S.K/c1-3-14-17(15,16)8-4-5-9(7(2)6-8)10(11,12)13;/h4-6,14H,3H2,1-2H3;/q-1;+1. The van der Waals surface area contributed by atoms with E-state index in [9.17, 15) is 21.4 Å². The van der Waals surface area contributed by atoms with Crippen LogP contribution in [0.5, 0.6) is 0 Å². The fourth-order valence-corrected chi connectivity index (χ4v) is 2.58. The summed E-state index contributed by atoms with van der Waals surface area (Å²) in [5, 5.41) is 0.